The Bertz CT molecular complexity index is 575. The summed E-state index contributed by atoms with van der Waals surface area (Å²) >= 11 is 0. The second kappa shape index (κ2) is 28.8. The third kappa shape index (κ3) is 31.5. The molecule has 0 aliphatic rings. The van der Waals surface area contributed by atoms with Gasteiger partial charge in [-0.15, -0.1) is 0 Å². The van der Waals surface area contributed by atoms with Crippen molar-refractivity contribution in [3.8, 4) is 0 Å². The van der Waals surface area contributed by atoms with Gasteiger partial charge in [0, 0.05) is 13.0 Å². The maximum Gasteiger partial charge on any atom is 0.407 e. The van der Waals surface area contributed by atoms with Crippen molar-refractivity contribution < 1.29 is 19.1 Å². The van der Waals surface area contributed by atoms with Crippen molar-refractivity contribution in [2.75, 3.05) is 19.6 Å². The maximum atomic E-state index is 12.5. The predicted octanol–water partition coefficient (Wildman–Crippen LogP) is 10.0. The highest BCUT2D eigenvalue weighted by Gasteiger charge is 2.15. The van der Waals surface area contributed by atoms with Crippen LogP contribution < -0.4 is 10.6 Å². The molecule has 0 aromatic heterocycles. The third-order valence-corrected chi connectivity index (χ3v) is 7.49. The number of rotatable bonds is 29. The molecule has 6 heteroatoms. The number of carbonyl (C=O) groups excluding carboxylic acids is 2. The lowest BCUT2D eigenvalue weighted by Gasteiger charge is -2.19. The van der Waals surface area contributed by atoms with Gasteiger partial charge in [-0.3, -0.25) is 4.79 Å². The number of unbranched alkanes of at least 4 members (excludes halogenated alkanes) is 16. The van der Waals surface area contributed by atoms with E-state index in [0.717, 1.165) is 58.0 Å². The molecule has 0 aromatic carbocycles. The quantitative estimate of drug-likeness (QED) is 0.0678. The molecule has 41 heavy (non-hydrogen) atoms. The Morgan fingerprint density at radius 3 is 1.56 bits per heavy atom. The first kappa shape index (κ1) is 39.7. The Kier molecular flexibility index (Phi) is 27.9. The minimum Gasteiger partial charge on any atom is -0.462 e. The zero-order valence-electron chi connectivity index (χ0n) is 28.1. The summed E-state index contributed by atoms with van der Waals surface area (Å²) in [5.41, 5.74) is -0.442. The lowest BCUT2D eigenvalue weighted by atomic mass is 10.0. The molecule has 0 aliphatic heterocycles. The minimum atomic E-state index is -0.442. The largest absolute Gasteiger partial charge is 0.462 e. The number of carbonyl (C=O) groups is 2. The van der Waals surface area contributed by atoms with E-state index in [1.54, 1.807) is 0 Å². The first-order valence-corrected chi connectivity index (χ1v) is 17.7. The average Bonchev–Trinajstić information content (AvgIpc) is 2.91. The van der Waals surface area contributed by atoms with Crippen LogP contribution in [0.4, 0.5) is 4.79 Å². The molecule has 2 N–H and O–H groups in total. The maximum absolute atomic E-state index is 12.5. The first-order valence-electron chi connectivity index (χ1n) is 17.7. The topological polar surface area (TPSA) is 76.7 Å². The van der Waals surface area contributed by atoms with Crippen LogP contribution in [0.3, 0.4) is 0 Å². The monoisotopic (exact) mass is 583 g/mol. The van der Waals surface area contributed by atoms with Gasteiger partial charge in [-0.2, -0.15) is 0 Å². The van der Waals surface area contributed by atoms with Crippen LogP contribution >= 0.6 is 0 Å². The van der Waals surface area contributed by atoms with Gasteiger partial charge in [0.1, 0.15) is 11.7 Å². The van der Waals surface area contributed by atoms with Crippen molar-refractivity contribution in [2.45, 2.75) is 194 Å². The number of hydrogen-bond donors (Lipinski definition) is 2. The zero-order chi connectivity index (χ0) is 30.4. The average molecular weight is 583 g/mol. The highest BCUT2D eigenvalue weighted by molar-refractivity contribution is 5.69. The second-order valence-electron chi connectivity index (χ2n) is 13.0. The summed E-state index contributed by atoms with van der Waals surface area (Å²) in [7, 11) is 0. The highest BCUT2D eigenvalue weighted by atomic mass is 16.6. The molecule has 0 aromatic rings. The van der Waals surface area contributed by atoms with Crippen LogP contribution in [0.15, 0.2) is 0 Å². The van der Waals surface area contributed by atoms with Crippen LogP contribution in [0.25, 0.3) is 0 Å². The smallest absolute Gasteiger partial charge is 0.407 e. The summed E-state index contributed by atoms with van der Waals surface area (Å²) in [6.45, 7) is 12.9. The summed E-state index contributed by atoms with van der Waals surface area (Å²) in [5.74, 6) is 0.0231. The van der Waals surface area contributed by atoms with Crippen LogP contribution in [-0.2, 0) is 14.3 Å². The Morgan fingerprint density at radius 2 is 1.02 bits per heavy atom. The van der Waals surface area contributed by atoms with Crippen molar-refractivity contribution in [3.63, 3.8) is 0 Å². The Balaban J connectivity index is 3.77. The predicted molar refractivity (Wildman–Crippen MR) is 175 cm³/mol. The van der Waals surface area contributed by atoms with Crippen molar-refractivity contribution in [1.82, 2.24) is 10.6 Å². The van der Waals surface area contributed by atoms with Gasteiger partial charge in [-0.05, 0) is 85.2 Å². The fraction of sp³-hybridized carbons (Fsp3) is 0.943. The summed E-state index contributed by atoms with van der Waals surface area (Å²) in [6.07, 6.45) is 26.8. The van der Waals surface area contributed by atoms with Crippen molar-refractivity contribution in [3.05, 3.63) is 0 Å². The van der Waals surface area contributed by atoms with Gasteiger partial charge in [0.25, 0.3) is 0 Å². The third-order valence-electron chi connectivity index (χ3n) is 7.49. The molecule has 1 amide bonds. The molecule has 0 atom stereocenters. The van der Waals surface area contributed by atoms with E-state index < -0.39 is 5.60 Å². The van der Waals surface area contributed by atoms with Crippen LogP contribution in [0, 0.1) is 0 Å². The van der Waals surface area contributed by atoms with Gasteiger partial charge < -0.3 is 20.1 Å². The second-order valence-corrected chi connectivity index (χ2v) is 13.0. The van der Waals surface area contributed by atoms with Crippen LogP contribution in [0.2, 0.25) is 0 Å². The molecule has 0 fully saturated rings. The normalized spacial score (nSPS) is 11.7. The number of alkyl carbamates (subject to hydrolysis) is 1. The van der Waals surface area contributed by atoms with E-state index in [0.29, 0.717) is 13.0 Å². The SMILES string of the molecule is CCCCCCCCC(CCCCCCCC)OC(=O)CCCCCCCNCCCCCNC(=O)OC(C)(C)C. The van der Waals surface area contributed by atoms with Crippen molar-refractivity contribution in [1.29, 1.82) is 0 Å². The van der Waals surface area contributed by atoms with E-state index in [9.17, 15) is 9.59 Å². The van der Waals surface area contributed by atoms with E-state index in [-0.39, 0.29) is 18.2 Å². The fourth-order valence-corrected chi connectivity index (χ4v) is 5.04. The molecular weight excluding hydrogens is 512 g/mol. The zero-order valence-corrected chi connectivity index (χ0v) is 28.1. The molecule has 0 radical (unpaired) electrons. The molecule has 0 unspecified atom stereocenters. The van der Waals surface area contributed by atoms with Gasteiger partial charge in [-0.25, -0.2) is 4.79 Å². The van der Waals surface area contributed by atoms with Gasteiger partial charge >= 0.3 is 12.1 Å². The van der Waals surface area contributed by atoms with Gasteiger partial charge in [0.05, 0.1) is 0 Å². The number of esters is 1. The van der Waals surface area contributed by atoms with E-state index in [1.165, 1.54) is 96.3 Å². The summed E-state index contributed by atoms with van der Waals surface area (Å²) in [5, 5.41) is 6.33. The molecule has 0 aliphatic carbocycles. The Labute approximate surface area is 255 Å². The lowest BCUT2D eigenvalue weighted by Crippen LogP contribution is -2.33. The van der Waals surface area contributed by atoms with E-state index in [2.05, 4.69) is 24.5 Å². The standard InChI is InChI=1S/C35H70N2O4/c1-6-8-10-12-15-20-26-32(27-21-16-13-11-9-7-2)40-33(38)28-22-17-14-18-23-29-36-30-24-19-25-31-37-34(39)41-35(3,4)5/h32,36H,6-31H2,1-5H3,(H,37,39). The number of ether oxygens (including phenoxy) is 2. The lowest BCUT2D eigenvalue weighted by molar-refractivity contribution is -0.150. The molecule has 0 heterocycles. The highest BCUT2D eigenvalue weighted by Crippen LogP contribution is 2.18. The van der Waals surface area contributed by atoms with Crippen molar-refractivity contribution in [2.24, 2.45) is 0 Å². The summed E-state index contributed by atoms with van der Waals surface area (Å²) in [6, 6.07) is 0. The fourth-order valence-electron chi connectivity index (χ4n) is 5.04. The first-order chi connectivity index (χ1) is 19.8. The molecule has 6 nitrogen and oxygen atoms in total. The van der Waals surface area contributed by atoms with E-state index in [1.807, 2.05) is 20.8 Å². The molecule has 0 saturated carbocycles. The Morgan fingerprint density at radius 1 is 0.585 bits per heavy atom. The van der Waals surface area contributed by atoms with E-state index in [4.69, 9.17) is 9.47 Å². The van der Waals surface area contributed by atoms with Gasteiger partial charge in [0.2, 0.25) is 0 Å². The van der Waals surface area contributed by atoms with Crippen LogP contribution in [0.5, 0.6) is 0 Å². The van der Waals surface area contributed by atoms with E-state index >= 15 is 0 Å². The summed E-state index contributed by atoms with van der Waals surface area (Å²) in [4.78, 5) is 24.1. The van der Waals surface area contributed by atoms with Gasteiger partial charge in [0.15, 0.2) is 0 Å². The molecule has 0 bridgehead atoms. The van der Waals surface area contributed by atoms with Gasteiger partial charge in [-0.1, -0.05) is 104 Å². The summed E-state index contributed by atoms with van der Waals surface area (Å²) < 4.78 is 11.2. The number of amides is 1. The molecule has 0 spiro atoms. The number of hydrogen-bond acceptors (Lipinski definition) is 5. The molecule has 244 valence electrons. The molecule has 0 saturated heterocycles. The number of nitrogens with one attached hydrogen (secondary N) is 2. The van der Waals surface area contributed by atoms with Crippen LogP contribution in [0.1, 0.15) is 182 Å². The minimum absolute atomic E-state index is 0.0231. The Hall–Kier alpha value is -1.30. The molecule has 0 rings (SSSR count). The van der Waals surface area contributed by atoms with Crippen LogP contribution in [-0.4, -0.2) is 43.4 Å². The van der Waals surface area contributed by atoms with Crippen molar-refractivity contribution >= 4 is 12.1 Å². The molecular formula is C35H70N2O4.